The lowest BCUT2D eigenvalue weighted by Crippen LogP contribution is -2.57. The lowest BCUT2D eigenvalue weighted by molar-refractivity contribution is -0.187. The Morgan fingerprint density at radius 3 is 1.54 bits per heavy atom. The Labute approximate surface area is 172 Å². The molecule has 28 heavy (non-hydrogen) atoms. The van der Waals surface area contributed by atoms with E-state index in [0.29, 0.717) is 25.7 Å². The van der Waals surface area contributed by atoms with Crippen LogP contribution in [-0.4, -0.2) is 22.2 Å². The molecule has 1 fully saturated rings. The van der Waals surface area contributed by atoms with E-state index in [2.05, 4.69) is 41.5 Å². The van der Waals surface area contributed by atoms with Crippen LogP contribution in [0, 0.1) is 21.7 Å². The van der Waals surface area contributed by atoms with Gasteiger partial charge in [0.1, 0.15) is 0 Å². The third kappa shape index (κ3) is 5.51. The van der Waals surface area contributed by atoms with Crippen molar-refractivity contribution in [3.8, 4) is 0 Å². The highest BCUT2D eigenvalue weighted by Crippen LogP contribution is 2.62. The third-order valence-electron chi connectivity index (χ3n) is 7.14. The van der Waals surface area contributed by atoms with Crippen molar-refractivity contribution in [2.75, 3.05) is 0 Å². The highest BCUT2D eigenvalue weighted by molar-refractivity contribution is 5.99. The van der Waals surface area contributed by atoms with Crippen molar-refractivity contribution < 1.29 is 19.8 Å². The monoisotopic (exact) mass is 396 g/mol. The predicted octanol–water partition coefficient (Wildman–Crippen LogP) is 6.92. The van der Waals surface area contributed by atoms with Crippen LogP contribution in [0.3, 0.4) is 0 Å². The lowest BCUT2D eigenvalue weighted by Gasteiger charge is -2.54. The summed E-state index contributed by atoms with van der Waals surface area (Å²) >= 11 is 0. The largest absolute Gasteiger partial charge is 0.480 e. The molecule has 2 N–H and O–H groups in total. The van der Waals surface area contributed by atoms with Crippen LogP contribution < -0.4 is 0 Å². The van der Waals surface area contributed by atoms with Crippen molar-refractivity contribution in [2.45, 2.75) is 119 Å². The number of hydrogen-bond acceptors (Lipinski definition) is 2. The summed E-state index contributed by atoms with van der Waals surface area (Å²) in [6.45, 7) is 13.1. The van der Waals surface area contributed by atoms with Crippen LogP contribution in [0.5, 0.6) is 0 Å². The Kier molecular flexibility index (Phi) is 8.59. The van der Waals surface area contributed by atoms with Crippen LogP contribution in [0.1, 0.15) is 119 Å². The minimum atomic E-state index is -1.67. The number of carbonyl (C=O) groups is 2. The number of unbranched alkanes of at least 4 members (excludes halogenated alkanes) is 2. The van der Waals surface area contributed by atoms with E-state index in [0.717, 1.165) is 44.9 Å². The molecule has 0 heterocycles. The quantitative estimate of drug-likeness (QED) is 0.351. The van der Waals surface area contributed by atoms with Crippen molar-refractivity contribution in [3.05, 3.63) is 0 Å². The average Bonchev–Trinajstić information content (AvgIpc) is 2.57. The van der Waals surface area contributed by atoms with E-state index in [-0.39, 0.29) is 17.3 Å². The van der Waals surface area contributed by atoms with Crippen molar-refractivity contribution in [1.29, 1.82) is 0 Å². The Hall–Kier alpha value is -1.06. The molecular weight excluding hydrogens is 352 g/mol. The highest BCUT2D eigenvalue weighted by atomic mass is 16.4. The molecule has 164 valence electrons. The second-order valence-corrected chi connectivity index (χ2v) is 10.9. The van der Waals surface area contributed by atoms with Gasteiger partial charge in [-0.05, 0) is 54.8 Å². The SMILES string of the molecule is CCCCC(C)(C)CC1(CC(C)(C)CCCC)CCCCC1(C(=O)O)C(=O)O. The summed E-state index contributed by atoms with van der Waals surface area (Å²) in [4.78, 5) is 25.1. The zero-order valence-electron chi connectivity index (χ0n) is 19.2. The highest BCUT2D eigenvalue weighted by Gasteiger charge is 2.64. The molecule has 0 spiro atoms. The van der Waals surface area contributed by atoms with E-state index in [9.17, 15) is 19.8 Å². The molecule has 0 bridgehead atoms. The first kappa shape index (κ1) is 25.0. The Balaban J connectivity index is 3.47. The number of hydrogen-bond donors (Lipinski definition) is 2. The molecule has 4 heteroatoms. The fourth-order valence-corrected chi connectivity index (χ4v) is 5.95. The van der Waals surface area contributed by atoms with Crippen molar-refractivity contribution in [1.82, 2.24) is 0 Å². The second-order valence-electron chi connectivity index (χ2n) is 10.9. The number of carboxylic acids is 2. The molecule has 0 atom stereocenters. The number of rotatable bonds is 12. The second kappa shape index (κ2) is 9.63. The van der Waals surface area contributed by atoms with E-state index in [4.69, 9.17) is 0 Å². The van der Waals surface area contributed by atoms with Crippen LogP contribution in [0.2, 0.25) is 0 Å². The summed E-state index contributed by atoms with van der Waals surface area (Å²) in [5.41, 5.74) is -2.50. The van der Waals surface area contributed by atoms with E-state index in [1.54, 1.807) is 0 Å². The van der Waals surface area contributed by atoms with Gasteiger partial charge in [-0.2, -0.15) is 0 Å². The van der Waals surface area contributed by atoms with Crippen molar-refractivity contribution >= 4 is 11.9 Å². The molecule has 0 aromatic carbocycles. The number of carboxylic acid groups (broad SMARTS) is 2. The van der Waals surface area contributed by atoms with Crippen LogP contribution in [0.15, 0.2) is 0 Å². The van der Waals surface area contributed by atoms with Gasteiger partial charge in [-0.3, -0.25) is 9.59 Å². The average molecular weight is 397 g/mol. The van der Waals surface area contributed by atoms with Gasteiger partial charge in [-0.1, -0.05) is 80.1 Å². The fourth-order valence-electron chi connectivity index (χ4n) is 5.95. The summed E-state index contributed by atoms with van der Waals surface area (Å²) < 4.78 is 0. The van der Waals surface area contributed by atoms with E-state index in [1.807, 2.05) is 0 Å². The molecule has 0 aliphatic heterocycles. The molecule has 0 aromatic rings. The fraction of sp³-hybridized carbons (Fsp3) is 0.917. The summed E-state index contributed by atoms with van der Waals surface area (Å²) in [6.07, 6.45) is 10.3. The minimum absolute atomic E-state index is 0.0651. The first-order valence-electron chi connectivity index (χ1n) is 11.3. The molecular formula is C24H44O4. The van der Waals surface area contributed by atoms with Crippen molar-refractivity contribution in [3.63, 3.8) is 0 Å². The number of aliphatic carboxylic acids is 2. The summed E-state index contributed by atoms with van der Waals surface area (Å²) in [6, 6.07) is 0. The Morgan fingerprint density at radius 2 is 1.18 bits per heavy atom. The summed E-state index contributed by atoms with van der Waals surface area (Å²) in [5.74, 6) is -2.26. The van der Waals surface area contributed by atoms with Gasteiger partial charge < -0.3 is 10.2 Å². The molecule has 0 saturated heterocycles. The maximum absolute atomic E-state index is 12.6. The normalized spacial score (nSPS) is 19.4. The molecule has 0 radical (unpaired) electrons. The van der Waals surface area contributed by atoms with E-state index >= 15 is 0 Å². The smallest absolute Gasteiger partial charge is 0.321 e. The van der Waals surface area contributed by atoms with Gasteiger partial charge in [0.05, 0.1) is 0 Å². The van der Waals surface area contributed by atoms with Crippen LogP contribution in [0.4, 0.5) is 0 Å². The van der Waals surface area contributed by atoms with Gasteiger partial charge in [-0.25, -0.2) is 0 Å². The van der Waals surface area contributed by atoms with Gasteiger partial charge >= 0.3 is 11.9 Å². The topological polar surface area (TPSA) is 74.6 Å². The molecule has 0 aromatic heterocycles. The van der Waals surface area contributed by atoms with E-state index < -0.39 is 22.8 Å². The molecule has 1 saturated carbocycles. The van der Waals surface area contributed by atoms with Gasteiger partial charge in [0, 0.05) is 0 Å². The van der Waals surface area contributed by atoms with Crippen LogP contribution >= 0.6 is 0 Å². The third-order valence-corrected chi connectivity index (χ3v) is 7.14. The van der Waals surface area contributed by atoms with Crippen LogP contribution in [-0.2, 0) is 9.59 Å². The molecule has 0 unspecified atom stereocenters. The molecule has 1 aliphatic rings. The summed E-state index contributed by atoms with van der Waals surface area (Å²) in [7, 11) is 0. The molecule has 1 rings (SSSR count). The maximum atomic E-state index is 12.6. The van der Waals surface area contributed by atoms with Gasteiger partial charge in [0.25, 0.3) is 0 Å². The van der Waals surface area contributed by atoms with Gasteiger partial charge in [-0.15, -0.1) is 0 Å². The van der Waals surface area contributed by atoms with E-state index in [1.165, 1.54) is 0 Å². The lowest BCUT2D eigenvalue weighted by atomic mass is 9.47. The maximum Gasteiger partial charge on any atom is 0.321 e. The standard InChI is InChI=1S/C24H44O4/c1-7-9-13-21(3,4)17-23(18-22(5,6)14-10-8-2)15-11-12-16-24(23,19(25)26)20(27)28/h7-18H2,1-6H3,(H,25,26)(H,27,28). The minimum Gasteiger partial charge on any atom is -0.480 e. The van der Waals surface area contributed by atoms with Gasteiger partial charge in [0.15, 0.2) is 5.41 Å². The van der Waals surface area contributed by atoms with Gasteiger partial charge in [0.2, 0.25) is 0 Å². The summed E-state index contributed by atoms with van der Waals surface area (Å²) in [5, 5.41) is 20.5. The Bertz CT molecular complexity index is 497. The molecule has 1 aliphatic carbocycles. The first-order valence-corrected chi connectivity index (χ1v) is 11.3. The Morgan fingerprint density at radius 1 is 0.786 bits per heavy atom. The zero-order valence-corrected chi connectivity index (χ0v) is 19.2. The molecule has 4 nitrogen and oxygen atoms in total. The zero-order chi connectivity index (χ0) is 21.6. The van der Waals surface area contributed by atoms with Crippen LogP contribution in [0.25, 0.3) is 0 Å². The van der Waals surface area contributed by atoms with Crippen molar-refractivity contribution in [2.24, 2.45) is 21.7 Å². The predicted molar refractivity (Wildman–Crippen MR) is 114 cm³/mol. The molecule has 0 amide bonds. The first-order chi connectivity index (χ1) is 12.9.